The molecule has 0 saturated heterocycles. The summed E-state index contributed by atoms with van der Waals surface area (Å²) in [6.07, 6.45) is 0. The van der Waals surface area contributed by atoms with Crippen molar-refractivity contribution in [3.63, 3.8) is 0 Å². The Morgan fingerprint density at radius 1 is 0.850 bits per heavy atom. The number of nitrogens with one attached hydrogen (secondary N) is 2. The van der Waals surface area contributed by atoms with Crippen LogP contribution in [0.2, 0.25) is 0 Å². The van der Waals surface area contributed by atoms with Crippen molar-refractivity contribution in [2.24, 2.45) is 11.5 Å². The van der Waals surface area contributed by atoms with E-state index in [1.165, 1.54) is 5.56 Å². The lowest BCUT2D eigenvalue weighted by Crippen LogP contribution is -2.20. The first kappa shape index (κ1) is 14.1. The van der Waals surface area contributed by atoms with Crippen molar-refractivity contribution >= 4 is 22.4 Å². The van der Waals surface area contributed by atoms with Crippen LogP contribution in [0.3, 0.4) is 0 Å². The Balaban J connectivity index is 2.75. The van der Waals surface area contributed by atoms with Crippen LogP contribution in [-0.4, -0.2) is 11.7 Å². The summed E-state index contributed by atoms with van der Waals surface area (Å²) in [5.74, 6) is -0.143. The van der Waals surface area contributed by atoms with Gasteiger partial charge in [0.05, 0.1) is 0 Å². The monoisotopic (exact) mass is 268 g/mol. The Morgan fingerprint density at radius 3 is 1.80 bits per heavy atom. The molecule has 0 spiro atoms. The highest BCUT2D eigenvalue weighted by Crippen LogP contribution is 2.27. The maximum atomic E-state index is 7.65. The molecule has 0 unspecified atom stereocenters. The Labute approximate surface area is 118 Å². The van der Waals surface area contributed by atoms with Gasteiger partial charge in [-0.1, -0.05) is 39.0 Å². The van der Waals surface area contributed by atoms with Crippen molar-refractivity contribution in [3.05, 3.63) is 47.0 Å². The normalized spacial score (nSPS) is 11.6. The van der Waals surface area contributed by atoms with E-state index in [1.54, 1.807) is 0 Å². The van der Waals surface area contributed by atoms with E-state index in [9.17, 15) is 0 Å². The predicted octanol–water partition coefficient (Wildman–Crippen LogP) is 2.71. The molecule has 6 N–H and O–H groups in total. The second kappa shape index (κ2) is 4.63. The number of hydrogen-bond acceptors (Lipinski definition) is 2. The van der Waals surface area contributed by atoms with Gasteiger partial charge in [0.2, 0.25) is 0 Å². The van der Waals surface area contributed by atoms with Crippen LogP contribution in [-0.2, 0) is 5.41 Å². The quantitative estimate of drug-likeness (QED) is 0.497. The summed E-state index contributed by atoms with van der Waals surface area (Å²) in [5.41, 5.74) is 13.5. The topological polar surface area (TPSA) is 99.7 Å². The van der Waals surface area contributed by atoms with E-state index in [0.29, 0.717) is 11.1 Å². The smallest absolute Gasteiger partial charge is 0.123 e. The molecule has 0 aliphatic heterocycles. The third kappa shape index (κ3) is 2.50. The van der Waals surface area contributed by atoms with Crippen LogP contribution in [0.25, 0.3) is 10.8 Å². The third-order valence-electron chi connectivity index (χ3n) is 3.42. The molecular formula is C16H20N4. The molecule has 0 heterocycles. The zero-order valence-corrected chi connectivity index (χ0v) is 12.0. The highest BCUT2D eigenvalue weighted by atomic mass is 14.7. The van der Waals surface area contributed by atoms with E-state index in [1.807, 2.05) is 18.2 Å². The molecule has 0 fully saturated rings. The van der Waals surface area contributed by atoms with Crippen LogP contribution in [0.5, 0.6) is 0 Å². The van der Waals surface area contributed by atoms with Crippen molar-refractivity contribution in [1.82, 2.24) is 0 Å². The van der Waals surface area contributed by atoms with Gasteiger partial charge >= 0.3 is 0 Å². The fourth-order valence-electron chi connectivity index (χ4n) is 2.21. The molecule has 104 valence electrons. The van der Waals surface area contributed by atoms with Gasteiger partial charge in [-0.05, 0) is 33.9 Å². The molecule has 0 atom stereocenters. The van der Waals surface area contributed by atoms with Gasteiger partial charge in [-0.3, -0.25) is 10.8 Å². The number of amidine groups is 2. The van der Waals surface area contributed by atoms with E-state index >= 15 is 0 Å². The fraction of sp³-hybridized carbons (Fsp3) is 0.250. The maximum absolute atomic E-state index is 7.65. The van der Waals surface area contributed by atoms with Crippen molar-refractivity contribution < 1.29 is 0 Å². The van der Waals surface area contributed by atoms with Crippen LogP contribution in [0.15, 0.2) is 30.3 Å². The maximum Gasteiger partial charge on any atom is 0.123 e. The van der Waals surface area contributed by atoms with Crippen molar-refractivity contribution in [2.45, 2.75) is 26.2 Å². The van der Waals surface area contributed by atoms with Crippen LogP contribution in [0.4, 0.5) is 0 Å². The van der Waals surface area contributed by atoms with Gasteiger partial charge in [0.15, 0.2) is 0 Å². The average Bonchev–Trinajstić information content (AvgIpc) is 2.35. The minimum absolute atomic E-state index is 0.0593. The Morgan fingerprint density at radius 2 is 1.35 bits per heavy atom. The summed E-state index contributed by atoms with van der Waals surface area (Å²) in [6.45, 7) is 6.47. The summed E-state index contributed by atoms with van der Waals surface area (Å²) in [4.78, 5) is 0. The van der Waals surface area contributed by atoms with Gasteiger partial charge < -0.3 is 11.5 Å². The van der Waals surface area contributed by atoms with Crippen molar-refractivity contribution in [1.29, 1.82) is 10.8 Å². The first-order valence-corrected chi connectivity index (χ1v) is 6.47. The summed E-state index contributed by atoms with van der Waals surface area (Å²) >= 11 is 0. The zero-order chi connectivity index (χ0) is 15.1. The molecular weight excluding hydrogens is 248 g/mol. The Kier molecular flexibility index (Phi) is 3.26. The number of rotatable bonds is 2. The number of nitrogen functional groups attached to an aromatic ring is 2. The molecule has 0 aliphatic carbocycles. The van der Waals surface area contributed by atoms with E-state index < -0.39 is 0 Å². The molecule has 4 nitrogen and oxygen atoms in total. The van der Waals surface area contributed by atoms with E-state index in [0.717, 1.165) is 10.8 Å². The fourth-order valence-corrected chi connectivity index (χ4v) is 2.21. The van der Waals surface area contributed by atoms with E-state index in [4.69, 9.17) is 22.3 Å². The van der Waals surface area contributed by atoms with Crippen LogP contribution >= 0.6 is 0 Å². The molecule has 2 aromatic rings. The standard InChI is InChI=1S/C16H20N4/c1-16(2,3)11-5-4-9-7-12(14(17)18)13(15(19)20)8-10(9)6-11/h4-8H,1-3H3,(H3,17,18)(H3,19,20). The first-order chi connectivity index (χ1) is 9.20. The zero-order valence-electron chi connectivity index (χ0n) is 12.0. The molecule has 0 saturated carbocycles. The van der Waals surface area contributed by atoms with Crippen molar-refractivity contribution in [3.8, 4) is 0 Å². The van der Waals surface area contributed by atoms with E-state index in [-0.39, 0.29) is 17.1 Å². The lowest BCUT2D eigenvalue weighted by Gasteiger charge is -2.20. The predicted molar refractivity (Wildman–Crippen MR) is 84.7 cm³/mol. The molecule has 0 amide bonds. The Hall–Kier alpha value is -2.36. The second-order valence-corrected chi connectivity index (χ2v) is 6.04. The van der Waals surface area contributed by atoms with Gasteiger partial charge in [0, 0.05) is 11.1 Å². The van der Waals surface area contributed by atoms with Crippen LogP contribution < -0.4 is 11.5 Å². The summed E-state index contributed by atoms with van der Waals surface area (Å²) < 4.78 is 0. The lowest BCUT2D eigenvalue weighted by atomic mass is 9.85. The van der Waals surface area contributed by atoms with Crippen LogP contribution in [0.1, 0.15) is 37.5 Å². The highest BCUT2D eigenvalue weighted by Gasteiger charge is 2.15. The largest absolute Gasteiger partial charge is 0.384 e. The molecule has 2 rings (SSSR count). The highest BCUT2D eigenvalue weighted by molar-refractivity contribution is 6.11. The second-order valence-electron chi connectivity index (χ2n) is 6.04. The summed E-state index contributed by atoms with van der Waals surface area (Å²) in [7, 11) is 0. The molecule has 20 heavy (non-hydrogen) atoms. The van der Waals surface area contributed by atoms with Crippen LogP contribution in [0, 0.1) is 10.8 Å². The summed E-state index contributed by atoms with van der Waals surface area (Å²) in [6, 6.07) is 9.86. The van der Waals surface area contributed by atoms with Gasteiger partial charge in [0.1, 0.15) is 11.7 Å². The molecule has 0 aromatic heterocycles. The van der Waals surface area contributed by atoms with Crippen molar-refractivity contribution in [2.75, 3.05) is 0 Å². The molecule has 2 aromatic carbocycles. The number of benzene rings is 2. The van der Waals surface area contributed by atoms with Gasteiger partial charge in [-0.25, -0.2) is 0 Å². The van der Waals surface area contributed by atoms with Gasteiger partial charge in [-0.15, -0.1) is 0 Å². The van der Waals surface area contributed by atoms with Gasteiger partial charge in [0.25, 0.3) is 0 Å². The molecule has 0 radical (unpaired) electrons. The number of hydrogen-bond donors (Lipinski definition) is 4. The summed E-state index contributed by atoms with van der Waals surface area (Å²) in [5, 5.41) is 17.3. The molecule has 4 heteroatoms. The minimum Gasteiger partial charge on any atom is -0.384 e. The number of fused-ring (bicyclic) bond motifs is 1. The first-order valence-electron chi connectivity index (χ1n) is 6.47. The Bertz CT molecular complexity index is 708. The molecule has 0 aliphatic rings. The lowest BCUT2D eigenvalue weighted by molar-refractivity contribution is 0.591. The van der Waals surface area contributed by atoms with E-state index in [2.05, 4.69) is 32.9 Å². The molecule has 0 bridgehead atoms. The SMILES string of the molecule is CC(C)(C)c1ccc2cc(C(=N)N)c(C(=N)N)cc2c1. The minimum atomic E-state index is -0.0722. The third-order valence-corrected chi connectivity index (χ3v) is 3.42. The average molecular weight is 268 g/mol. The number of nitrogens with two attached hydrogens (primary N) is 2. The van der Waals surface area contributed by atoms with Gasteiger partial charge in [-0.2, -0.15) is 0 Å².